The fourth-order valence-corrected chi connectivity index (χ4v) is 5.75. The average Bonchev–Trinajstić information content (AvgIpc) is 2.90. The Hall–Kier alpha value is -0.610. The lowest BCUT2D eigenvalue weighted by Crippen LogP contribution is -2.29. The maximum absolute atomic E-state index is 12.5. The minimum atomic E-state index is 0.0379. The van der Waals surface area contributed by atoms with E-state index in [1.54, 1.807) is 0 Å². The number of nitrogens with zero attached hydrogens (tertiary/aromatic N) is 1. The van der Waals surface area contributed by atoms with Gasteiger partial charge in [-0.1, -0.05) is 122 Å². The summed E-state index contributed by atoms with van der Waals surface area (Å²) in [5, 5.41) is 9.38. The molecule has 0 aliphatic heterocycles. The van der Waals surface area contributed by atoms with Crippen LogP contribution in [0.25, 0.3) is 0 Å². The zero-order chi connectivity index (χ0) is 26.7. The van der Waals surface area contributed by atoms with E-state index in [2.05, 4.69) is 11.8 Å². The molecular weight excluding hydrogens is 458 g/mol. The van der Waals surface area contributed by atoms with E-state index < -0.39 is 0 Å². The van der Waals surface area contributed by atoms with E-state index >= 15 is 0 Å². The molecule has 0 unspecified atom stereocenters. The highest BCUT2D eigenvalue weighted by atomic mass is 16.5. The highest BCUT2D eigenvalue weighted by molar-refractivity contribution is 5.69. The third kappa shape index (κ3) is 23.0. The molecule has 4 heteroatoms. The second kappa shape index (κ2) is 27.0. The maximum Gasteiger partial charge on any atom is 0.306 e. The standard InChI is InChI=1S/C33H65NO3/c1-2-3-4-5-18-23-28-34(30-31-35)29-24-19-14-17-22-27-33(36)37-32-25-20-15-12-10-8-6-7-9-11-13-16-21-26-32/h32,35H,2-31H2,1H3. The lowest BCUT2D eigenvalue weighted by molar-refractivity contribution is -0.150. The van der Waals surface area contributed by atoms with Crippen LogP contribution in [0.5, 0.6) is 0 Å². The van der Waals surface area contributed by atoms with Crippen molar-refractivity contribution < 1.29 is 14.6 Å². The van der Waals surface area contributed by atoms with E-state index in [9.17, 15) is 9.90 Å². The molecule has 220 valence electrons. The lowest BCUT2D eigenvalue weighted by atomic mass is 10.0. The number of hydrogen-bond acceptors (Lipinski definition) is 4. The van der Waals surface area contributed by atoms with Crippen molar-refractivity contribution in [3.63, 3.8) is 0 Å². The Morgan fingerprint density at radius 2 is 1.05 bits per heavy atom. The minimum absolute atomic E-state index is 0.0379. The summed E-state index contributed by atoms with van der Waals surface area (Å²) in [4.78, 5) is 14.9. The van der Waals surface area contributed by atoms with Crippen molar-refractivity contribution in [3.05, 3.63) is 0 Å². The Balaban J connectivity index is 2.12. The molecular formula is C33H65NO3. The molecule has 1 aliphatic carbocycles. The Labute approximate surface area is 231 Å². The van der Waals surface area contributed by atoms with E-state index in [1.165, 1.54) is 135 Å². The number of hydrogen-bond donors (Lipinski definition) is 1. The number of rotatable bonds is 18. The van der Waals surface area contributed by atoms with Crippen LogP contribution in [-0.4, -0.2) is 48.3 Å². The van der Waals surface area contributed by atoms with Gasteiger partial charge in [0.15, 0.2) is 0 Å². The highest BCUT2D eigenvalue weighted by Crippen LogP contribution is 2.19. The van der Waals surface area contributed by atoms with Gasteiger partial charge in [0.25, 0.3) is 0 Å². The van der Waals surface area contributed by atoms with Crippen molar-refractivity contribution in [1.82, 2.24) is 4.90 Å². The van der Waals surface area contributed by atoms with E-state index in [0.29, 0.717) is 6.42 Å². The third-order valence-electron chi connectivity index (χ3n) is 8.20. The molecule has 0 heterocycles. The first-order valence-corrected chi connectivity index (χ1v) is 16.8. The summed E-state index contributed by atoms with van der Waals surface area (Å²) in [5.74, 6) is 0.0379. The van der Waals surface area contributed by atoms with Crippen LogP contribution >= 0.6 is 0 Å². The first-order chi connectivity index (χ1) is 18.3. The summed E-state index contributed by atoms with van der Waals surface area (Å²) < 4.78 is 5.96. The molecule has 1 rings (SSSR count). The number of carbonyl (C=O) groups is 1. The summed E-state index contributed by atoms with van der Waals surface area (Å²) in [6, 6.07) is 0. The molecule has 0 aromatic carbocycles. The SMILES string of the molecule is CCCCCCCCN(CCO)CCCCCCCC(=O)OC1CCCCCCCCCCCCCC1. The fraction of sp³-hybridized carbons (Fsp3) is 0.970. The van der Waals surface area contributed by atoms with Gasteiger partial charge in [0.1, 0.15) is 6.10 Å². The molecule has 4 nitrogen and oxygen atoms in total. The van der Waals surface area contributed by atoms with Crippen LogP contribution in [0, 0.1) is 0 Å². The van der Waals surface area contributed by atoms with E-state index in [0.717, 1.165) is 45.3 Å². The van der Waals surface area contributed by atoms with Crippen LogP contribution in [0.3, 0.4) is 0 Å². The van der Waals surface area contributed by atoms with Gasteiger partial charge in [-0.2, -0.15) is 0 Å². The molecule has 0 atom stereocenters. The van der Waals surface area contributed by atoms with Gasteiger partial charge < -0.3 is 14.7 Å². The van der Waals surface area contributed by atoms with Crippen molar-refractivity contribution >= 4 is 5.97 Å². The van der Waals surface area contributed by atoms with E-state index in [4.69, 9.17) is 4.74 Å². The van der Waals surface area contributed by atoms with Gasteiger partial charge in [-0.25, -0.2) is 0 Å². The van der Waals surface area contributed by atoms with E-state index in [1.807, 2.05) is 0 Å². The predicted octanol–water partition coefficient (Wildman–Crippen LogP) is 9.37. The molecule has 1 aliphatic rings. The Bertz CT molecular complexity index is 468. The van der Waals surface area contributed by atoms with Crippen molar-refractivity contribution in [2.24, 2.45) is 0 Å². The molecule has 0 saturated heterocycles. The molecule has 0 aromatic rings. The molecule has 1 fully saturated rings. The summed E-state index contributed by atoms with van der Waals surface area (Å²) in [7, 11) is 0. The molecule has 0 bridgehead atoms. The van der Waals surface area contributed by atoms with Crippen molar-refractivity contribution in [1.29, 1.82) is 0 Å². The average molecular weight is 524 g/mol. The summed E-state index contributed by atoms with van der Waals surface area (Å²) in [6.07, 6.45) is 32.6. The van der Waals surface area contributed by atoms with Crippen LogP contribution < -0.4 is 0 Å². The van der Waals surface area contributed by atoms with Crippen LogP contribution in [0.2, 0.25) is 0 Å². The van der Waals surface area contributed by atoms with Crippen molar-refractivity contribution in [2.45, 2.75) is 180 Å². The largest absolute Gasteiger partial charge is 0.462 e. The Morgan fingerprint density at radius 3 is 1.54 bits per heavy atom. The number of unbranched alkanes of at least 4 members (excludes halogenated alkanes) is 9. The number of aliphatic hydroxyl groups is 1. The van der Waals surface area contributed by atoms with Crippen LogP contribution in [0.15, 0.2) is 0 Å². The van der Waals surface area contributed by atoms with Crippen LogP contribution in [0.1, 0.15) is 174 Å². The van der Waals surface area contributed by atoms with Gasteiger partial charge in [-0.05, 0) is 58.0 Å². The van der Waals surface area contributed by atoms with Crippen molar-refractivity contribution in [2.75, 3.05) is 26.2 Å². The summed E-state index contributed by atoms with van der Waals surface area (Å²) >= 11 is 0. The first-order valence-electron chi connectivity index (χ1n) is 16.8. The Morgan fingerprint density at radius 1 is 0.622 bits per heavy atom. The lowest BCUT2D eigenvalue weighted by Gasteiger charge is -2.21. The predicted molar refractivity (Wildman–Crippen MR) is 159 cm³/mol. The van der Waals surface area contributed by atoms with Gasteiger partial charge in [0.2, 0.25) is 0 Å². The minimum Gasteiger partial charge on any atom is -0.462 e. The number of carbonyl (C=O) groups excluding carboxylic acids is 1. The fourth-order valence-electron chi connectivity index (χ4n) is 5.75. The third-order valence-corrected chi connectivity index (χ3v) is 8.20. The number of aliphatic hydroxyl groups excluding tert-OH is 1. The molecule has 0 radical (unpaired) electrons. The quantitative estimate of drug-likeness (QED) is 0.144. The topological polar surface area (TPSA) is 49.8 Å². The molecule has 0 spiro atoms. The number of ether oxygens (including phenoxy) is 1. The van der Waals surface area contributed by atoms with Crippen LogP contribution in [-0.2, 0) is 9.53 Å². The zero-order valence-corrected chi connectivity index (χ0v) is 25.0. The second-order valence-corrected chi connectivity index (χ2v) is 11.8. The summed E-state index contributed by atoms with van der Waals surface area (Å²) in [5.41, 5.74) is 0. The first kappa shape index (κ1) is 34.4. The van der Waals surface area contributed by atoms with Gasteiger partial charge in [0.05, 0.1) is 6.61 Å². The smallest absolute Gasteiger partial charge is 0.306 e. The number of esters is 1. The molecule has 1 N–H and O–H groups in total. The second-order valence-electron chi connectivity index (χ2n) is 11.8. The highest BCUT2D eigenvalue weighted by Gasteiger charge is 2.14. The van der Waals surface area contributed by atoms with Gasteiger partial charge in [-0.15, -0.1) is 0 Å². The monoisotopic (exact) mass is 523 g/mol. The van der Waals surface area contributed by atoms with Gasteiger partial charge >= 0.3 is 5.97 Å². The molecule has 37 heavy (non-hydrogen) atoms. The summed E-state index contributed by atoms with van der Waals surface area (Å²) in [6.45, 7) is 5.56. The van der Waals surface area contributed by atoms with Crippen LogP contribution in [0.4, 0.5) is 0 Å². The van der Waals surface area contributed by atoms with Gasteiger partial charge in [-0.3, -0.25) is 4.79 Å². The van der Waals surface area contributed by atoms with Crippen molar-refractivity contribution in [3.8, 4) is 0 Å². The Kier molecular flexibility index (Phi) is 25.1. The molecule has 1 saturated carbocycles. The zero-order valence-electron chi connectivity index (χ0n) is 25.0. The molecule has 0 aromatic heterocycles. The normalized spacial score (nSPS) is 17.4. The van der Waals surface area contributed by atoms with E-state index in [-0.39, 0.29) is 18.7 Å². The van der Waals surface area contributed by atoms with Gasteiger partial charge in [0, 0.05) is 13.0 Å². The molecule has 0 amide bonds. The maximum atomic E-state index is 12.5.